The van der Waals surface area contributed by atoms with Crippen LogP contribution in [0.15, 0.2) is 24.3 Å². The number of carbonyl (C=O) groups excluding carboxylic acids is 1. The number of carbonyl (C=O) groups is 1. The fourth-order valence-electron chi connectivity index (χ4n) is 2.84. The molecule has 29 heavy (non-hydrogen) atoms. The third-order valence-corrected chi connectivity index (χ3v) is 4.22. The first-order valence-corrected chi connectivity index (χ1v) is 8.50. The summed E-state index contributed by atoms with van der Waals surface area (Å²) in [5, 5.41) is 10.7. The maximum absolute atomic E-state index is 12.8. The van der Waals surface area contributed by atoms with E-state index in [-0.39, 0.29) is 40.1 Å². The zero-order valence-electron chi connectivity index (χ0n) is 17.2. The molecule has 0 aromatic heterocycles. The zero-order valence-corrected chi connectivity index (χ0v) is 17.2. The average molecular weight is 404 g/mol. The summed E-state index contributed by atoms with van der Waals surface area (Å²) in [4.78, 5) is 12.8. The Kier molecular flexibility index (Phi) is 7.19. The van der Waals surface area contributed by atoms with Crippen molar-refractivity contribution in [2.75, 3.05) is 42.7 Å². The molecule has 0 bridgehead atoms. The number of phenols is 1. The van der Waals surface area contributed by atoms with E-state index in [0.717, 1.165) is 0 Å². The number of benzene rings is 2. The number of hydrogen-bond acceptors (Lipinski definition) is 8. The summed E-state index contributed by atoms with van der Waals surface area (Å²) >= 11 is 0. The van der Waals surface area contributed by atoms with Gasteiger partial charge >= 0.3 is 0 Å². The van der Waals surface area contributed by atoms with Gasteiger partial charge < -0.3 is 33.5 Å². The molecule has 8 nitrogen and oxygen atoms in total. The van der Waals surface area contributed by atoms with Crippen LogP contribution in [0.2, 0.25) is 0 Å². The lowest BCUT2D eigenvalue weighted by atomic mass is 10.1. The standard InChI is InChI=1S/C21H24O8/c1-24-12-7-10-16(25-2)14(11-12)15(22)9-8-13-17(23)19(27-4)21(29-6)20(28-5)18(13)26-3/h7-11,23H,1-6H3/b9-8+. The minimum Gasteiger partial charge on any atom is -0.504 e. The number of ketones is 1. The van der Waals surface area contributed by atoms with E-state index in [1.807, 2.05) is 0 Å². The molecule has 156 valence electrons. The van der Waals surface area contributed by atoms with Crippen molar-refractivity contribution < 1.29 is 38.3 Å². The first-order chi connectivity index (χ1) is 14.0. The number of hydrogen-bond donors (Lipinski definition) is 1. The number of ether oxygens (including phenoxy) is 6. The van der Waals surface area contributed by atoms with Gasteiger partial charge in [0.25, 0.3) is 0 Å². The van der Waals surface area contributed by atoms with Gasteiger partial charge in [-0.3, -0.25) is 4.79 Å². The van der Waals surface area contributed by atoms with Gasteiger partial charge in [-0.1, -0.05) is 0 Å². The van der Waals surface area contributed by atoms with Crippen LogP contribution in [0.4, 0.5) is 0 Å². The minimum absolute atomic E-state index is 0.0520. The largest absolute Gasteiger partial charge is 0.504 e. The number of phenolic OH excluding ortho intramolecular Hbond substituents is 1. The lowest BCUT2D eigenvalue weighted by Crippen LogP contribution is -2.02. The quantitative estimate of drug-likeness (QED) is 0.503. The highest BCUT2D eigenvalue weighted by Gasteiger charge is 2.26. The van der Waals surface area contributed by atoms with Crippen molar-refractivity contribution in [3.63, 3.8) is 0 Å². The average Bonchev–Trinajstić information content (AvgIpc) is 2.76. The van der Waals surface area contributed by atoms with Crippen LogP contribution in [-0.2, 0) is 0 Å². The van der Waals surface area contributed by atoms with Crippen LogP contribution in [-0.4, -0.2) is 53.5 Å². The molecule has 0 unspecified atom stereocenters. The summed E-state index contributed by atoms with van der Waals surface area (Å²) in [6, 6.07) is 4.89. The van der Waals surface area contributed by atoms with E-state index in [1.165, 1.54) is 54.8 Å². The summed E-state index contributed by atoms with van der Waals surface area (Å²) in [6.45, 7) is 0. The first-order valence-electron chi connectivity index (χ1n) is 8.50. The lowest BCUT2D eigenvalue weighted by molar-refractivity contribution is 0.104. The predicted octanol–water partition coefficient (Wildman–Crippen LogP) is 3.34. The summed E-state index contributed by atoms with van der Waals surface area (Å²) in [5.74, 6) is 0.899. The Morgan fingerprint density at radius 3 is 1.90 bits per heavy atom. The van der Waals surface area contributed by atoms with Crippen LogP contribution in [0.25, 0.3) is 6.08 Å². The Morgan fingerprint density at radius 2 is 1.38 bits per heavy atom. The molecule has 0 heterocycles. The van der Waals surface area contributed by atoms with Crippen LogP contribution >= 0.6 is 0 Å². The topological polar surface area (TPSA) is 92.7 Å². The third-order valence-electron chi connectivity index (χ3n) is 4.22. The Morgan fingerprint density at radius 1 is 0.793 bits per heavy atom. The molecule has 2 rings (SSSR count). The van der Waals surface area contributed by atoms with E-state index in [1.54, 1.807) is 18.2 Å². The molecule has 0 aliphatic carbocycles. The van der Waals surface area contributed by atoms with Gasteiger partial charge in [-0.25, -0.2) is 0 Å². The van der Waals surface area contributed by atoms with E-state index in [0.29, 0.717) is 17.1 Å². The highest BCUT2D eigenvalue weighted by molar-refractivity contribution is 6.09. The number of rotatable bonds is 9. The van der Waals surface area contributed by atoms with E-state index < -0.39 is 0 Å². The van der Waals surface area contributed by atoms with Crippen LogP contribution in [0.3, 0.4) is 0 Å². The molecule has 0 amide bonds. The van der Waals surface area contributed by atoms with Crippen molar-refractivity contribution >= 4 is 11.9 Å². The maximum atomic E-state index is 12.8. The van der Waals surface area contributed by atoms with E-state index in [4.69, 9.17) is 28.4 Å². The zero-order chi connectivity index (χ0) is 21.6. The van der Waals surface area contributed by atoms with Crippen molar-refractivity contribution in [1.29, 1.82) is 0 Å². The van der Waals surface area contributed by atoms with Gasteiger partial charge in [-0.2, -0.15) is 0 Å². The van der Waals surface area contributed by atoms with E-state index in [9.17, 15) is 9.90 Å². The second kappa shape index (κ2) is 9.59. The van der Waals surface area contributed by atoms with Gasteiger partial charge in [0.05, 0.1) is 53.8 Å². The van der Waals surface area contributed by atoms with E-state index >= 15 is 0 Å². The molecule has 1 N–H and O–H groups in total. The Bertz CT molecular complexity index is 918. The molecule has 0 saturated heterocycles. The van der Waals surface area contributed by atoms with Crippen LogP contribution in [0.1, 0.15) is 15.9 Å². The van der Waals surface area contributed by atoms with Crippen molar-refractivity contribution in [2.24, 2.45) is 0 Å². The Balaban J connectivity index is 2.59. The predicted molar refractivity (Wildman–Crippen MR) is 107 cm³/mol. The maximum Gasteiger partial charge on any atom is 0.211 e. The van der Waals surface area contributed by atoms with Crippen molar-refractivity contribution in [1.82, 2.24) is 0 Å². The van der Waals surface area contributed by atoms with Gasteiger partial charge in [0, 0.05) is 0 Å². The number of allylic oxidation sites excluding steroid dienone is 1. The molecule has 0 spiro atoms. The molecule has 0 fully saturated rings. The van der Waals surface area contributed by atoms with Gasteiger partial charge in [-0.05, 0) is 30.4 Å². The van der Waals surface area contributed by atoms with Crippen molar-refractivity contribution in [2.45, 2.75) is 0 Å². The van der Waals surface area contributed by atoms with Crippen molar-refractivity contribution in [3.8, 4) is 40.2 Å². The van der Waals surface area contributed by atoms with Gasteiger partial charge in [0.15, 0.2) is 17.3 Å². The smallest absolute Gasteiger partial charge is 0.211 e. The summed E-state index contributed by atoms with van der Waals surface area (Å²) in [5.41, 5.74) is 0.492. The Hall–Kier alpha value is -3.55. The van der Waals surface area contributed by atoms with Crippen LogP contribution in [0, 0.1) is 0 Å². The summed E-state index contributed by atoms with van der Waals surface area (Å²) in [6.07, 6.45) is 2.68. The molecule has 0 aliphatic rings. The molecular weight excluding hydrogens is 380 g/mol. The highest BCUT2D eigenvalue weighted by atomic mass is 16.5. The summed E-state index contributed by atoms with van der Waals surface area (Å²) < 4.78 is 31.7. The highest BCUT2D eigenvalue weighted by Crippen LogP contribution is 2.53. The number of aromatic hydroxyl groups is 1. The second-order valence-corrected chi connectivity index (χ2v) is 5.66. The number of methoxy groups -OCH3 is 6. The fourth-order valence-corrected chi connectivity index (χ4v) is 2.84. The molecule has 0 atom stereocenters. The van der Waals surface area contributed by atoms with Gasteiger partial charge in [0.1, 0.15) is 11.5 Å². The third kappa shape index (κ3) is 4.16. The molecule has 2 aromatic carbocycles. The molecule has 0 saturated carbocycles. The normalized spacial score (nSPS) is 10.6. The van der Waals surface area contributed by atoms with Crippen LogP contribution < -0.4 is 28.4 Å². The van der Waals surface area contributed by atoms with Crippen molar-refractivity contribution in [3.05, 3.63) is 35.4 Å². The monoisotopic (exact) mass is 404 g/mol. The lowest BCUT2D eigenvalue weighted by Gasteiger charge is -2.19. The van der Waals surface area contributed by atoms with Gasteiger partial charge in [-0.15, -0.1) is 0 Å². The minimum atomic E-state index is -0.365. The molecule has 0 aliphatic heterocycles. The molecule has 0 radical (unpaired) electrons. The summed E-state index contributed by atoms with van der Waals surface area (Å²) in [7, 11) is 8.60. The van der Waals surface area contributed by atoms with Gasteiger partial charge in [0.2, 0.25) is 17.2 Å². The molecule has 8 heteroatoms. The SMILES string of the molecule is COc1ccc(OC)c(C(=O)/C=C/c2c(O)c(OC)c(OC)c(OC)c2OC)c1. The first kappa shape index (κ1) is 21.7. The Labute approximate surface area is 169 Å². The second-order valence-electron chi connectivity index (χ2n) is 5.66. The van der Waals surface area contributed by atoms with E-state index in [2.05, 4.69) is 0 Å². The molecular formula is C21H24O8. The van der Waals surface area contributed by atoms with Crippen LogP contribution in [0.5, 0.6) is 40.2 Å². The fraction of sp³-hybridized carbons (Fsp3) is 0.286. The molecule has 2 aromatic rings.